The molecule has 17 heavy (non-hydrogen) atoms. The lowest BCUT2D eigenvalue weighted by Gasteiger charge is -2.41. The fourth-order valence-corrected chi connectivity index (χ4v) is 2.66. The summed E-state index contributed by atoms with van der Waals surface area (Å²) in [5, 5.41) is 0. The van der Waals surface area contributed by atoms with Gasteiger partial charge in [-0.25, -0.2) is 0 Å². The zero-order valence-corrected chi connectivity index (χ0v) is 11.3. The molecule has 1 saturated heterocycles. The summed E-state index contributed by atoms with van der Waals surface area (Å²) >= 11 is 0. The summed E-state index contributed by atoms with van der Waals surface area (Å²) < 4.78 is 6.56. The molecule has 6 heteroatoms. The minimum absolute atomic E-state index is 0.285. The molecule has 3 nitrogen and oxygen atoms in total. The number of hydrogen-bond acceptors (Lipinski definition) is 3. The Kier molecular flexibility index (Phi) is 3.66. The number of hydrogen-bond donors (Lipinski definition) is 0. The average molecular weight is 225 g/mol. The highest BCUT2D eigenvalue weighted by Crippen LogP contribution is 2.09. The highest BCUT2D eigenvalue weighted by atomic mass is 15.3. The summed E-state index contributed by atoms with van der Waals surface area (Å²) in [6, 6.07) is 6.49. The van der Waals surface area contributed by atoms with E-state index >= 15 is 0 Å². The molecule has 1 heterocycles. The Labute approximate surface area is 106 Å². The van der Waals surface area contributed by atoms with Crippen LogP contribution in [0.5, 0.6) is 0 Å². The molecule has 1 aliphatic heterocycles. The van der Waals surface area contributed by atoms with E-state index in [-0.39, 0.29) is 6.98 Å². The Morgan fingerprint density at radius 1 is 0.941 bits per heavy atom. The van der Waals surface area contributed by atoms with Crippen molar-refractivity contribution in [3.05, 3.63) is 29.3 Å². The highest BCUT2D eigenvalue weighted by Gasteiger charge is 2.36. The summed E-state index contributed by atoms with van der Waals surface area (Å²) in [4.78, 5) is 0. The van der Waals surface area contributed by atoms with Gasteiger partial charge in [-0.2, -0.15) is 0 Å². The van der Waals surface area contributed by atoms with Crippen LogP contribution in [0.1, 0.15) is 11.1 Å². The Morgan fingerprint density at radius 3 is 1.88 bits per heavy atom. The van der Waals surface area contributed by atoms with Crippen LogP contribution in [0.25, 0.3) is 0 Å². The minimum atomic E-state index is 0.285. The van der Waals surface area contributed by atoms with Crippen molar-refractivity contribution < 1.29 is 0 Å². The van der Waals surface area contributed by atoms with Crippen molar-refractivity contribution in [2.24, 2.45) is 0 Å². The van der Waals surface area contributed by atoms with Gasteiger partial charge in [0.2, 0.25) is 0 Å². The van der Waals surface area contributed by atoms with Crippen molar-refractivity contribution in [2.75, 3.05) is 21.1 Å². The molecule has 0 aliphatic carbocycles. The third-order valence-corrected chi connectivity index (χ3v) is 3.30. The van der Waals surface area contributed by atoms with Crippen molar-refractivity contribution in [2.45, 2.75) is 13.8 Å². The third-order valence-electron chi connectivity index (χ3n) is 3.30. The zero-order chi connectivity index (χ0) is 12.6. The van der Waals surface area contributed by atoms with E-state index in [2.05, 4.69) is 75.4 Å². The Bertz CT molecular complexity index is 381. The van der Waals surface area contributed by atoms with Crippen LogP contribution in [-0.4, -0.2) is 57.4 Å². The van der Waals surface area contributed by atoms with E-state index < -0.39 is 0 Å². The predicted molar refractivity (Wildman–Crippen MR) is 76.1 cm³/mol. The van der Waals surface area contributed by atoms with E-state index in [4.69, 9.17) is 0 Å². The molecule has 2 rings (SSSR count). The van der Waals surface area contributed by atoms with Crippen molar-refractivity contribution >= 4 is 27.5 Å². The first-order chi connectivity index (χ1) is 8.00. The molecule has 0 amide bonds. The molecular formula is C11H18B3N3. The molecule has 0 N–H and O–H groups in total. The maximum atomic E-state index is 2.25. The first kappa shape index (κ1) is 12.7. The van der Waals surface area contributed by atoms with Gasteiger partial charge in [0.1, 0.15) is 0 Å². The topological polar surface area (TPSA) is 9.72 Å². The second-order valence-electron chi connectivity index (χ2n) is 4.91. The number of nitrogens with zero attached hydrogens (tertiary/aromatic N) is 3. The molecule has 0 aromatic heterocycles. The number of benzene rings is 1. The van der Waals surface area contributed by atoms with Crippen LogP contribution in [-0.2, 0) is 0 Å². The minimum Gasteiger partial charge on any atom is -0.367 e. The first-order valence-corrected chi connectivity index (χ1v) is 5.92. The third kappa shape index (κ3) is 2.44. The van der Waals surface area contributed by atoms with E-state index in [1.54, 1.807) is 0 Å². The summed E-state index contributed by atoms with van der Waals surface area (Å²) in [6.45, 7) is 4.65. The summed E-state index contributed by atoms with van der Waals surface area (Å²) in [6.07, 6.45) is 0. The van der Waals surface area contributed by atoms with Crippen LogP contribution in [0.3, 0.4) is 0 Å². The van der Waals surface area contributed by atoms with Gasteiger partial charge in [-0.3, -0.25) is 0 Å². The Hall–Kier alpha value is -0.705. The van der Waals surface area contributed by atoms with Gasteiger partial charge >= 0.3 is 6.98 Å². The van der Waals surface area contributed by atoms with Crippen LogP contribution in [0.15, 0.2) is 18.2 Å². The fraction of sp³-hybridized carbons (Fsp3) is 0.455. The fourth-order valence-electron chi connectivity index (χ4n) is 2.66. The standard InChI is InChI=1S/C11H18B3N3/c1-9-7-6-8-10(2)11(9)14-16(4)12-15(3)13-17(14)5/h6-8H,1-5H3. The average Bonchev–Trinajstić information content (AvgIpc) is 2.21. The van der Waals surface area contributed by atoms with Crippen LogP contribution in [0.4, 0.5) is 0 Å². The maximum Gasteiger partial charge on any atom is 0.324 e. The molecular weight excluding hydrogens is 207 g/mol. The molecule has 1 aliphatic rings. The molecule has 0 bridgehead atoms. The summed E-state index contributed by atoms with van der Waals surface area (Å²) in [5.41, 5.74) is 4.10. The van der Waals surface area contributed by atoms with E-state index in [0.717, 1.165) is 0 Å². The molecule has 1 aromatic rings. The SMILES string of the molecule is Cc1cccc(C)c1B1N(C)[B]N(C)[B]N1C. The lowest BCUT2D eigenvalue weighted by molar-refractivity contribution is 0.586. The van der Waals surface area contributed by atoms with Gasteiger partial charge in [0, 0.05) is 0 Å². The highest BCUT2D eigenvalue weighted by molar-refractivity contribution is 6.82. The number of aryl methyl sites for hydroxylation is 2. The molecule has 0 saturated carbocycles. The lowest BCUT2D eigenvalue weighted by atomic mass is 9.53. The molecule has 2 radical (unpaired) electrons. The molecule has 0 atom stereocenters. The van der Waals surface area contributed by atoms with Crippen molar-refractivity contribution in [1.29, 1.82) is 0 Å². The first-order valence-electron chi connectivity index (χ1n) is 5.92. The van der Waals surface area contributed by atoms with Gasteiger partial charge in [-0.1, -0.05) is 29.3 Å². The van der Waals surface area contributed by atoms with E-state index in [9.17, 15) is 0 Å². The summed E-state index contributed by atoms with van der Waals surface area (Å²) in [5.74, 6) is 0. The molecule has 0 unspecified atom stereocenters. The lowest BCUT2D eigenvalue weighted by Crippen LogP contribution is -2.69. The Balaban J connectivity index is 2.38. The van der Waals surface area contributed by atoms with Gasteiger partial charge in [-0.15, -0.1) is 0 Å². The second kappa shape index (κ2) is 4.88. The predicted octanol–water partition coefficient (Wildman–Crippen LogP) is -0.124. The second-order valence-corrected chi connectivity index (χ2v) is 4.91. The molecule has 1 aromatic carbocycles. The van der Waals surface area contributed by atoms with Crippen molar-refractivity contribution in [3.63, 3.8) is 0 Å². The van der Waals surface area contributed by atoms with Crippen molar-refractivity contribution in [3.8, 4) is 0 Å². The van der Waals surface area contributed by atoms with E-state index in [0.29, 0.717) is 0 Å². The van der Waals surface area contributed by atoms with E-state index in [1.807, 2.05) is 7.05 Å². The largest absolute Gasteiger partial charge is 0.367 e. The zero-order valence-electron chi connectivity index (χ0n) is 11.3. The normalized spacial score (nSPS) is 19.0. The van der Waals surface area contributed by atoms with Crippen molar-refractivity contribution in [1.82, 2.24) is 14.2 Å². The summed E-state index contributed by atoms with van der Waals surface area (Å²) in [7, 11) is 10.5. The Morgan fingerprint density at radius 2 is 1.41 bits per heavy atom. The van der Waals surface area contributed by atoms with Crippen LogP contribution < -0.4 is 5.46 Å². The smallest absolute Gasteiger partial charge is 0.324 e. The van der Waals surface area contributed by atoms with E-state index in [1.165, 1.54) is 16.6 Å². The molecule has 1 fully saturated rings. The monoisotopic (exact) mass is 225 g/mol. The van der Waals surface area contributed by atoms with Gasteiger partial charge in [-0.05, 0) is 40.5 Å². The van der Waals surface area contributed by atoms with Gasteiger partial charge in [0.05, 0.1) is 0 Å². The van der Waals surface area contributed by atoms with Crippen LogP contribution in [0.2, 0.25) is 0 Å². The van der Waals surface area contributed by atoms with Crippen LogP contribution >= 0.6 is 0 Å². The quantitative estimate of drug-likeness (QED) is 0.616. The molecule has 0 spiro atoms. The molecule has 86 valence electrons. The maximum absolute atomic E-state index is 2.25. The van der Waals surface area contributed by atoms with Gasteiger partial charge in [0.15, 0.2) is 0 Å². The van der Waals surface area contributed by atoms with Crippen LogP contribution in [0, 0.1) is 13.8 Å². The van der Waals surface area contributed by atoms with Gasteiger partial charge < -0.3 is 14.2 Å². The number of rotatable bonds is 1. The van der Waals surface area contributed by atoms with Gasteiger partial charge in [0.25, 0.3) is 15.1 Å².